The van der Waals surface area contributed by atoms with Gasteiger partial charge in [0.2, 0.25) is 0 Å². The molecule has 1 rings (SSSR count). The molecule has 0 saturated heterocycles. The quantitative estimate of drug-likeness (QED) is 0.670. The Kier molecular flexibility index (Phi) is 5.59. The van der Waals surface area contributed by atoms with E-state index in [0.29, 0.717) is 0 Å². The molecule has 0 amide bonds. The van der Waals surface area contributed by atoms with Crippen LogP contribution in [0.3, 0.4) is 0 Å². The molecule has 0 radical (unpaired) electrons. The van der Waals surface area contributed by atoms with Crippen molar-refractivity contribution in [1.82, 2.24) is 4.98 Å². The Morgan fingerprint density at radius 2 is 2.05 bits per heavy atom. The van der Waals surface area contributed by atoms with Crippen molar-refractivity contribution < 1.29 is 31.5 Å². The molecule has 1 heterocycles. The molecule has 0 fully saturated rings. The summed E-state index contributed by atoms with van der Waals surface area (Å²) in [6, 6.07) is 0.235. The number of carbonyl (C=O) groups excluding carboxylic acids is 1. The van der Waals surface area contributed by atoms with Gasteiger partial charge in [-0.25, -0.2) is 8.78 Å². The predicted molar refractivity (Wildman–Crippen MR) is 62.4 cm³/mol. The summed E-state index contributed by atoms with van der Waals surface area (Å²) in [6.07, 6.45) is -8.81. The highest BCUT2D eigenvalue weighted by molar-refractivity contribution is 5.73. The summed E-state index contributed by atoms with van der Waals surface area (Å²) in [7, 11) is 0. The number of aromatic nitrogens is 1. The van der Waals surface area contributed by atoms with Crippen molar-refractivity contribution in [1.29, 1.82) is 0 Å². The van der Waals surface area contributed by atoms with E-state index in [4.69, 9.17) is 5.73 Å². The molecule has 0 saturated carbocycles. The Balaban J connectivity index is 3.40. The lowest BCUT2D eigenvalue weighted by atomic mass is 10.0. The number of pyridine rings is 1. The van der Waals surface area contributed by atoms with Gasteiger partial charge in [0.15, 0.2) is 0 Å². The van der Waals surface area contributed by atoms with E-state index in [0.717, 1.165) is 0 Å². The summed E-state index contributed by atoms with van der Waals surface area (Å²) >= 11 is 0. The van der Waals surface area contributed by atoms with Crippen molar-refractivity contribution in [2.75, 3.05) is 6.61 Å². The number of carbonyl (C=O) groups is 1. The minimum absolute atomic E-state index is 0.0132. The van der Waals surface area contributed by atoms with Crippen LogP contribution in [0.2, 0.25) is 0 Å². The molecule has 0 unspecified atom stereocenters. The fourth-order valence-electron chi connectivity index (χ4n) is 1.73. The second kappa shape index (κ2) is 6.79. The maximum absolute atomic E-state index is 13.0. The summed E-state index contributed by atoms with van der Waals surface area (Å²) in [5.74, 6) is -0.913. The highest BCUT2D eigenvalue weighted by Crippen LogP contribution is 2.35. The molecule has 9 heteroatoms. The number of nitrogens with zero attached hydrogens (tertiary/aromatic N) is 1. The van der Waals surface area contributed by atoms with Gasteiger partial charge in [-0.05, 0) is 18.6 Å². The first-order chi connectivity index (χ1) is 9.70. The smallest absolute Gasteiger partial charge is 0.416 e. The highest BCUT2D eigenvalue weighted by Gasteiger charge is 2.36. The number of halogens is 5. The number of hydrogen-bond acceptors (Lipinski definition) is 4. The summed E-state index contributed by atoms with van der Waals surface area (Å²) < 4.78 is 68.7. The molecule has 0 atom stereocenters. The second-order valence-corrected chi connectivity index (χ2v) is 4.00. The maximum atomic E-state index is 13.0. The van der Waals surface area contributed by atoms with Crippen LogP contribution >= 0.6 is 0 Å². The molecule has 1 aromatic rings. The molecule has 0 aliphatic carbocycles. The first-order valence-electron chi connectivity index (χ1n) is 5.94. The maximum Gasteiger partial charge on any atom is 0.416 e. The van der Waals surface area contributed by atoms with Gasteiger partial charge in [-0.15, -0.1) is 0 Å². The Bertz CT molecular complexity index is 517. The number of hydrogen-bond donors (Lipinski definition) is 1. The minimum atomic E-state index is -4.90. The van der Waals surface area contributed by atoms with Crippen molar-refractivity contribution >= 4 is 5.97 Å². The van der Waals surface area contributed by atoms with E-state index in [9.17, 15) is 26.7 Å². The van der Waals surface area contributed by atoms with Crippen LogP contribution < -0.4 is 5.73 Å². The lowest BCUT2D eigenvalue weighted by Gasteiger charge is -2.17. The molecule has 2 N–H and O–H groups in total. The van der Waals surface area contributed by atoms with E-state index >= 15 is 0 Å². The Morgan fingerprint density at radius 3 is 2.48 bits per heavy atom. The molecule has 118 valence electrons. The van der Waals surface area contributed by atoms with Crippen LogP contribution in [0.25, 0.3) is 0 Å². The molecule has 0 spiro atoms. The van der Waals surface area contributed by atoms with Gasteiger partial charge in [0, 0.05) is 6.54 Å². The Hall–Kier alpha value is -1.77. The van der Waals surface area contributed by atoms with Gasteiger partial charge >= 0.3 is 12.1 Å². The molecule has 0 aliphatic rings. The predicted octanol–water partition coefficient (Wildman–Crippen LogP) is 2.60. The van der Waals surface area contributed by atoms with Crippen molar-refractivity contribution in [2.24, 2.45) is 5.73 Å². The van der Waals surface area contributed by atoms with Crippen molar-refractivity contribution in [3.8, 4) is 0 Å². The van der Waals surface area contributed by atoms with Crippen molar-refractivity contribution in [2.45, 2.75) is 32.5 Å². The first-order valence-corrected chi connectivity index (χ1v) is 5.94. The number of rotatable bonds is 5. The van der Waals surface area contributed by atoms with Crippen LogP contribution in [0.1, 0.15) is 35.9 Å². The SMILES string of the molecule is CCOC(=O)Cc1c(C(F)(F)F)cc(C(F)F)nc1CN. The largest absolute Gasteiger partial charge is 0.466 e. The van der Waals surface area contributed by atoms with E-state index in [1.165, 1.54) is 6.92 Å². The highest BCUT2D eigenvalue weighted by atomic mass is 19.4. The van der Waals surface area contributed by atoms with Crippen LogP contribution in [0.15, 0.2) is 6.07 Å². The fourth-order valence-corrected chi connectivity index (χ4v) is 1.73. The van der Waals surface area contributed by atoms with Crippen molar-refractivity contribution in [3.63, 3.8) is 0 Å². The lowest BCUT2D eigenvalue weighted by Crippen LogP contribution is -2.20. The molecule has 0 bridgehead atoms. The zero-order valence-electron chi connectivity index (χ0n) is 11.0. The average Bonchev–Trinajstić information content (AvgIpc) is 2.37. The molecule has 0 aliphatic heterocycles. The summed E-state index contributed by atoms with van der Waals surface area (Å²) in [5, 5.41) is 0. The van der Waals surface area contributed by atoms with Gasteiger partial charge in [0.05, 0.1) is 24.3 Å². The fraction of sp³-hybridized carbons (Fsp3) is 0.500. The number of ether oxygens (including phenoxy) is 1. The third kappa shape index (κ3) is 4.35. The number of nitrogens with two attached hydrogens (primary N) is 1. The van der Waals surface area contributed by atoms with Gasteiger partial charge < -0.3 is 10.5 Å². The molecule has 1 aromatic heterocycles. The lowest BCUT2D eigenvalue weighted by molar-refractivity contribution is -0.143. The summed E-state index contributed by atoms with van der Waals surface area (Å²) in [5.41, 5.74) is 1.95. The zero-order valence-corrected chi connectivity index (χ0v) is 11.0. The molecular weight excluding hydrogens is 299 g/mol. The van der Waals surface area contributed by atoms with Crippen LogP contribution in [-0.4, -0.2) is 17.6 Å². The topological polar surface area (TPSA) is 65.2 Å². The van der Waals surface area contributed by atoms with Gasteiger partial charge in [0.25, 0.3) is 6.43 Å². The van der Waals surface area contributed by atoms with Crippen molar-refractivity contribution in [3.05, 3.63) is 28.6 Å². The van der Waals surface area contributed by atoms with E-state index in [-0.39, 0.29) is 12.7 Å². The Morgan fingerprint density at radius 1 is 1.43 bits per heavy atom. The second-order valence-electron chi connectivity index (χ2n) is 4.00. The van der Waals surface area contributed by atoms with E-state index < -0.39 is 54.1 Å². The third-order valence-corrected chi connectivity index (χ3v) is 2.58. The van der Waals surface area contributed by atoms with E-state index in [2.05, 4.69) is 9.72 Å². The number of alkyl halides is 5. The van der Waals surface area contributed by atoms with E-state index in [1.54, 1.807) is 0 Å². The normalized spacial score (nSPS) is 11.8. The van der Waals surface area contributed by atoms with Crippen LogP contribution in [0.4, 0.5) is 22.0 Å². The average molecular weight is 312 g/mol. The molecule has 21 heavy (non-hydrogen) atoms. The van der Waals surface area contributed by atoms with Crippen LogP contribution in [0.5, 0.6) is 0 Å². The summed E-state index contributed by atoms with van der Waals surface area (Å²) in [6.45, 7) is 0.976. The third-order valence-electron chi connectivity index (χ3n) is 2.58. The monoisotopic (exact) mass is 312 g/mol. The van der Waals surface area contributed by atoms with Gasteiger partial charge in [0.1, 0.15) is 5.69 Å². The first kappa shape index (κ1) is 17.3. The Labute approximate surface area is 117 Å². The molecular formula is C12H13F5N2O2. The van der Waals surface area contributed by atoms with Crippen LogP contribution in [-0.2, 0) is 28.7 Å². The van der Waals surface area contributed by atoms with Crippen LogP contribution in [0, 0.1) is 0 Å². The van der Waals surface area contributed by atoms with Gasteiger partial charge in [-0.1, -0.05) is 0 Å². The summed E-state index contributed by atoms with van der Waals surface area (Å²) in [4.78, 5) is 14.8. The zero-order chi connectivity index (χ0) is 16.2. The molecule has 4 nitrogen and oxygen atoms in total. The standard InChI is InChI=1S/C12H13F5N2O2/c1-2-21-10(20)3-6-7(12(15,16)17)4-8(11(13)14)19-9(6)5-18/h4,11H,2-3,5,18H2,1H3. The number of esters is 1. The molecule has 0 aromatic carbocycles. The van der Waals surface area contributed by atoms with Gasteiger partial charge in [-0.3, -0.25) is 9.78 Å². The van der Waals surface area contributed by atoms with E-state index in [1.807, 2.05) is 0 Å². The van der Waals surface area contributed by atoms with Gasteiger partial charge in [-0.2, -0.15) is 13.2 Å². The minimum Gasteiger partial charge on any atom is -0.466 e.